The van der Waals surface area contributed by atoms with Gasteiger partial charge in [0.1, 0.15) is 0 Å². The predicted molar refractivity (Wildman–Crippen MR) is 42.1 cm³/mol. The van der Waals surface area contributed by atoms with E-state index in [4.69, 9.17) is 21.1 Å². The van der Waals surface area contributed by atoms with Crippen LogP contribution in [0.3, 0.4) is 0 Å². The summed E-state index contributed by atoms with van der Waals surface area (Å²) in [6.45, 7) is 0.0411. The van der Waals surface area contributed by atoms with Crippen LogP contribution in [0.2, 0.25) is 0 Å². The zero-order chi connectivity index (χ0) is 9.56. The van der Waals surface area contributed by atoms with E-state index in [1.54, 1.807) is 0 Å². The summed E-state index contributed by atoms with van der Waals surface area (Å²) < 4.78 is 0. The van der Waals surface area contributed by atoms with Crippen LogP contribution < -0.4 is 5.73 Å². The smallest absolute Gasteiger partial charge is 0.248 e. The first kappa shape index (κ1) is 11.4. The average molecular weight is 177 g/mol. The van der Waals surface area contributed by atoms with E-state index in [-0.39, 0.29) is 13.0 Å². The Morgan fingerprint density at radius 1 is 1.33 bits per heavy atom. The molecule has 12 heavy (non-hydrogen) atoms. The van der Waals surface area contributed by atoms with Gasteiger partial charge in [0.15, 0.2) is 6.10 Å². The van der Waals surface area contributed by atoms with Gasteiger partial charge in [-0.15, -0.1) is 0 Å². The van der Waals surface area contributed by atoms with Gasteiger partial charge < -0.3 is 21.1 Å². The Bertz CT molecular complexity index is 139. The van der Waals surface area contributed by atoms with E-state index in [0.717, 1.165) is 0 Å². The Hall–Kier alpha value is -0.650. The molecule has 0 heterocycles. The fourth-order valence-electron chi connectivity index (χ4n) is 0.813. The fraction of sp³-hybridized carbons (Fsp3) is 0.857. The van der Waals surface area contributed by atoms with Crippen molar-refractivity contribution < 1.29 is 20.1 Å². The first-order chi connectivity index (χ1) is 5.59. The normalized spacial score (nSPS) is 15.6. The Morgan fingerprint density at radius 3 is 2.33 bits per heavy atom. The van der Waals surface area contributed by atoms with Crippen LogP contribution in [0.5, 0.6) is 0 Å². The number of carbonyl (C=O) groups excluding carboxylic acids is 1. The second-order valence-corrected chi connectivity index (χ2v) is 2.63. The van der Waals surface area contributed by atoms with Crippen molar-refractivity contribution in [3.63, 3.8) is 0 Å². The Morgan fingerprint density at radius 2 is 1.92 bits per heavy atom. The third kappa shape index (κ3) is 4.27. The van der Waals surface area contributed by atoms with E-state index in [9.17, 15) is 4.79 Å². The van der Waals surface area contributed by atoms with Crippen molar-refractivity contribution in [2.45, 2.75) is 31.5 Å². The third-order valence-electron chi connectivity index (χ3n) is 1.56. The quantitative estimate of drug-likeness (QED) is 0.365. The van der Waals surface area contributed by atoms with Gasteiger partial charge in [-0.3, -0.25) is 4.79 Å². The average Bonchev–Trinajstić information content (AvgIpc) is 2.03. The molecular weight excluding hydrogens is 162 g/mol. The maximum atomic E-state index is 10.3. The molecule has 0 radical (unpaired) electrons. The van der Waals surface area contributed by atoms with Crippen LogP contribution in [0.15, 0.2) is 0 Å². The maximum Gasteiger partial charge on any atom is 0.248 e. The molecule has 0 aliphatic carbocycles. The zero-order valence-corrected chi connectivity index (χ0v) is 6.81. The number of carbonyl (C=O) groups is 1. The van der Waals surface area contributed by atoms with Gasteiger partial charge in [0, 0.05) is 6.61 Å². The number of rotatable bonds is 6. The van der Waals surface area contributed by atoms with Crippen molar-refractivity contribution in [3.8, 4) is 0 Å². The van der Waals surface area contributed by atoms with Gasteiger partial charge in [-0.25, -0.2) is 0 Å². The minimum Gasteiger partial charge on any atom is -0.396 e. The number of hydrogen-bond acceptors (Lipinski definition) is 4. The van der Waals surface area contributed by atoms with Crippen LogP contribution in [0.1, 0.15) is 19.3 Å². The van der Waals surface area contributed by atoms with Crippen molar-refractivity contribution in [1.82, 2.24) is 0 Å². The lowest BCUT2D eigenvalue weighted by Gasteiger charge is -2.13. The summed E-state index contributed by atoms with van der Waals surface area (Å²) >= 11 is 0. The van der Waals surface area contributed by atoms with Crippen molar-refractivity contribution in [1.29, 1.82) is 0 Å². The third-order valence-corrected chi connectivity index (χ3v) is 1.56. The largest absolute Gasteiger partial charge is 0.396 e. The minimum atomic E-state index is -1.50. The van der Waals surface area contributed by atoms with Gasteiger partial charge in [-0.05, 0) is 19.3 Å². The molecule has 5 heteroatoms. The number of hydrogen-bond donors (Lipinski definition) is 4. The molecule has 5 N–H and O–H groups in total. The molecule has 0 saturated carbocycles. The molecule has 0 aliphatic heterocycles. The molecule has 1 amide bonds. The molecule has 0 aromatic rings. The Labute approximate surface area is 70.8 Å². The molecule has 0 aliphatic rings. The summed E-state index contributed by atoms with van der Waals surface area (Å²) in [5.74, 6) is -0.925. The molecular formula is C7H15NO4. The monoisotopic (exact) mass is 177 g/mol. The highest BCUT2D eigenvalue weighted by atomic mass is 16.3. The van der Waals surface area contributed by atoms with Gasteiger partial charge in [-0.2, -0.15) is 0 Å². The van der Waals surface area contributed by atoms with Crippen molar-refractivity contribution in [2.75, 3.05) is 6.61 Å². The van der Waals surface area contributed by atoms with E-state index in [1.807, 2.05) is 0 Å². The number of aliphatic hydroxyl groups is 3. The number of nitrogens with two attached hydrogens (primary N) is 1. The lowest BCUT2D eigenvalue weighted by molar-refractivity contribution is -0.131. The maximum absolute atomic E-state index is 10.3. The predicted octanol–water partition coefficient (Wildman–Crippen LogP) is -1.64. The van der Waals surface area contributed by atoms with Gasteiger partial charge in [0.2, 0.25) is 5.91 Å². The highest BCUT2D eigenvalue weighted by Crippen LogP contribution is 2.04. The second kappa shape index (κ2) is 5.93. The Balaban J connectivity index is 3.56. The zero-order valence-electron chi connectivity index (χ0n) is 6.81. The lowest BCUT2D eigenvalue weighted by Crippen LogP contribution is -2.38. The fourth-order valence-corrected chi connectivity index (χ4v) is 0.813. The van der Waals surface area contributed by atoms with Crippen LogP contribution in [0.4, 0.5) is 0 Å². The topological polar surface area (TPSA) is 104 Å². The molecule has 0 bridgehead atoms. The Kier molecular flexibility index (Phi) is 5.61. The second-order valence-electron chi connectivity index (χ2n) is 2.63. The minimum absolute atomic E-state index is 0.0411. The van der Waals surface area contributed by atoms with Gasteiger partial charge in [0.25, 0.3) is 0 Å². The molecule has 0 aromatic heterocycles. The van der Waals surface area contributed by atoms with E-state index < -0.39 is 18.1 Å². The first-order valence-electron chi connectivity index (χ1n) is 3.86. The molecule has 5 nitrogen and oxygen atoms in total. The van der Waals surface area contributed by atoms with E-state index in [0.29, 0.717) is 12.8 Å². The standard InChI is InChI=1S/C7H15NO4/c8-7(12)6(11)5(10)3-1-2-4-9/h5-6,9-11H,1-4H2,(H2,8,12)/t5-,6?/m0/s1. The summed E-state index contributed by atoms with van der Waals surface area (Å²) in [5.41, 5.74) is 4.74. The first-order valence-corrected chi connectivity index (χ1v) is 3.86. The molecule has 0 spiro atoms. The summed E-state index contributed by atoms with van der Waals surface area (Å²) in [6.07, 6.45) is -1.24. The van der Waals surface area contributed by atoms with Gasteiger partial charge in [0.05, 0.1) is 6.10 Å². The molecule has 1 unspecified atom stereocenters. The van der Waals surface area contributed by atoms with Gasteiger partial charge in [-0.1, -0.05) is 0 Å². The number of amides is 1. The number of primary amides is 1. The van der Waals surface area contributed by atoms with Crippen LogP contribution in [-0.4, -0.2) is 40.0 Å². The molecule has 0 rings (SSSR count). The summed E-state index contributed by atoms with van der Waals surface area (Å²) in [7, 11) is 0. The van der Waals surface area contributed by atoms with Gasteiger partial charge >= 0.3 is 0 Å². The van der Waals surface area contributed by atoms with Crippen LogP contribution >= 0.6 is 0 Å². The van der Waals surface area contributed by atoms with Crippen molar-refractivity contribution >= 4 is 5.91 Å². The molecule has 0 aromatic carbocycles. The SMILES string of the molecule is NC(=O)C(O)[C@@H](O)CCCCO. The van der Waals surface area contributed by atoms with Crippen LogP contribution in [0.25, 0.3) is 0 Å². The summed E-state index contributed by atoms with van der Waals surface area (Å²) in [5, 5.41) is 26.4. The summed E-state index contributed by atoms with van der Waals surface area (Å²) in [4.78, 5) is 10.3. The van der Waals surface area contributed by atoms with E-state index >= 15 is 0 Å². The molecule has 0 fully saturated rings. The summed E-state index contributed by atoms with van der Waals surface area (Å²) in [6, 6.07) is 0. The van der Waals surface area contributed by atoms with Crippen molar-refractivity contribution in [3.05, 3.63) is 0 Å². The van der Waals surface area contributed by atoms with Crippen molar-refractivity contribution in [2.24, 2.45) is 5.73 Å². The lowest BCUT2D eigenvalue weighted by atomic mass is 10.1. The molecule has 0 saturated heterocycles. The number of aliphatic hydroxyl groups excluding tert-OH is 3. The molecule has 2 atom stereocenters. The van der Waals surface area contributed by atoms with E-state index in [1.165, 1.54) is 0 Å². The van der Waals surface area contributed by atoms with Crippen LogP contribution in [0, 0.1) is 0 Å². The van der Waals surface area contributed by atoms with E-state index in [2.05, 4.69) is 0 Å². The number of unbranched alkanes of at least 4 members (excludes halogenated alkanes) is 1. The molecule has 72 valence electrons. The highest BCUT2D eigenvalue weighted by molar-refractivity contribution is 5.79. The highest BCUT2D eigenvalue weighted by Gasteiger charge is 2.20. The van der Waals surface area contributed by atoms with Crippen LogP contribution in [-0.2, 0) is 4.79 Å².